The van der Waals surface area contributed by atoms with Crippen molar-refractivity contribution >= 4 is 19.8 Å². The molecule has 0 amide bonds. The van der Waals surface area contributed by atoms with Gasteiger partial charge in [0.05, 0.1) is 6.61 Å². The molecule has 0 spiro atoms. The van der Waals surface area contributed by atoms with E-state index in [1.165, 1.54) is 141 Å². The highest BCUT2D eigenvalue weighted by Crippen LogP contribution is 2.36. The molecule has 0 aromatic carbocycles. The van der Waals surface area contributed by atoms with E-state index in [2.05, 4.69) is 18.4 Å². The molecular weight excluding hydrogens is 603 g/mol. The van der Waals surface area contributed by atoms with E-state index < -0.39 is 32.5 Å². The van der Waals surface area contributed by atoms with E-state index in [0.717, 1.165) is 32.1 Å². The molecule has 0 aliphatic carbocycles. The van der Waals surface area contributed by atoms with Crippen LogP contribution in [0.15, 0.2) is 0 Å². The molecule has 0 saturated carbocycles. The molecule has 2 N–H and O–H groups in total. The van der Waals surface area contributed by atoms with Crippen LogP contribution in [-0.2, 0) is 28.2 Å². The molecule has 0 aliphatic rings. The third kappa shape index (κ3) is 35.9. The zero-order chi connectivity index (χ0) is 34.0. The lowest BCUT2D eigenvalue weighted by atomic mass is 10.0. The summed E-state index contributed by atoms with van der Waals surface area (Å²) in [6, 6.07) is 0. The molecule has 1 atom stereocenters. The number of hydrogen-bond donors (Lipinski definition) is 2. The standard InChI is InChI=1S/C37H73O8P/c1-3-5-7-9-11-12-13-14-15-16-17-18-19-20-21-22-23-24-26-28-30-32-37(39)45-35(34-44-46(40,41)42)33-43-36(38)31-29-27-25-10-8-6-4-2/h35H,3-34H2,1-2H3,(H2,40,41,42)/t35-/m1/s1. The summed E-state index contributed by atoms with van der Waals surface area (Å²) < 4.78 is 26.2. The fourth-order valence-corrected chi connectivity index (χ4v) is 6.09. The van der Waals surface area contributed by atoms with Crippen molar-refractivity contribution in [1.82, 2.24) is 0 Å². The van der Waals surface area contributed by atoms with Crippen LogP contribution in [0.4, 0.5) is 0 Å². The number of carbonyl (C=O) groups excluding carboxylic acids is 2. The van der Waals surface area contributed by atoms with Gasteiger partial charge in [-0.05, 0) is 12.8 Å². The van der Waals surface area contributed by atoms with Crippen molar-refractivity contribution in [2.45, 2.75) is 213 Å². The molecule has 0 radical (unpaired) electrons. The van der Waals surface area contributed by atoms with E-state index in [9.17, 15) is 14.2 Å². The van der Waals surface area contributed by atoms with E-state index in [4.69, 9.17) is 19.3 Å². The lowest BCUT2D eigenvalue weighted by Crippen LogP contribution is -2.29. The minimum absolute atomic E-state index is 0.220. The number of phosphoric ester groups is 1. The van der Waals surface area contributed by atoms with E-state index >= 15 is 0 Å². The highest BCUT2D eigenvalue weighted by molar-refractivity contribution is 7.46. The highest BCUT2D eigenvalue weighted by atomic mass is 31.2. The van der Waals surface area contributed by atoms with Gasteiger partial charge in [0.15, 0.2) is 6.10 Å². The predicted octanol–water partition coefficient (Wildman–Crippen LogP) is 11.3. The maximum absolute atomic E-state index is 12.3. The van der Waals surface area contributed by atoms with E-state index in [0.29, 0.717) is 6.42 Å². The van der Waals surface area contributed by atoms with Crippen LogP contribution in [0.5, 0.6) is 0 Å². The van der Waals surface area contributed by atoms with Gasteiger partial charge in [0.2, 0.25) is 0 Å². The minimum atomic E-state index is -4.74. The molecule has 0 aliphatic heterocycles. The summed E-state index contributed by atoms with van der Waals surface area (Å²) in [6.07, 6.45) is 34.3. The Morgan fingerprint density at radius 2 is 0.783 bits per heavy atom. The van der Waals surface area contributed by atoms with Crippen molar-refractivity contribution in [1.29, 1.82) is 0 Å². The fourth-order valence-electron chi connectivity index (χ4n) is 5.73. The number of esters is 2. The van der Waals surface area contributed by atoms with Crippen LogP contribution < -0.4 is 0 Å². The fraction of sp³-hybridized carbons (Fsp3) is 0.946. The maximum Gasteiger partial charge on any atom is 0.469 e. The first kappa shape index (κ1) is 45.0. The molecule has 8 nitrogen and oxygen atoms in total. The molecule has 0 unspecified atom stereocenters. The number of hydrogen-bond acceptors (Lipinski definition) is 6. The molecule has 0 fully saturated rings. The van der Waals surface area contributed by atoms with Crippen LogP contribution in [0.3, 0.4) is 0 Å². The summed E-state index contributed by atoms with van der Waals surface area (Å²) in [6.45, 7) is 3.65. The predicted molar refractivity (Wildman–Crippen MR) is 189 cm³/mol. The van der Waals surface area contributed by atoms with Gasteiger partial charge in [0, 0.05) is 12.8 Å². The van der Waals surface area contributed by atoms with Gasteiger partial charge in [-0.25, -0.2) is 4.57 Å². The molecule has 0 aromatic heterocycles. The average Bonchev–Trinajstić information content (AvgIpc) is 3.02. The van der Waals surface area contributed by atoms with Crippen molar-refractivity contribution in [2.24, 2.45) is 0 Å². The molecule has 0 rings (SSSR count). The van der Waals surface area contributed by atoms with Gasteiger partial charge >= 0.3 is 19.8 Å². The van der Waals surface area contributed by atoms with Gasteiger partial charge in [0.25, 0.3) is 0 Å². The normalized spacial score (nSPS) is 12.3. The molecule has 0 aromatic rings. The van der Waals surface area contributed by atoms with Crippen molar-refractivity contribution in [3.8, 4) is 0 Å². The molecule has 0 bridgehead atoms. The average molecular weight is 677 g/mol. The Labute approximate surface area is 283 Å². The van der Waals surface area contributed by atoms with Crippen LogP contribution in [0.1, 0.15) is 206 Å². The summed E-state index contributed by atoms with van der Waals surface area (Å²) in [5, 5.41) is 0. The van der Waals surface area contributed by atoms with Gasteiger partial charge in [-0.3, -0.25) is 14.1 Å². The zero-order valence-corrected chi connectivity index (χ0v) is 30.9. The third-order valence-electron chi connectivity index (χ3n) is 8.63. The van der Waals surface area contributed by atoms with Crippen LogP contribution in [-0.4, -0.2) is 41.0 Å². The SMILES string of the molecule is CCCCCCCCCCCCCCCCCCCCCCCC(=O)O[C@H](COC(=O)CCCCCCCCC)COP(=O)(O)O. The van der Waals surface area contributed by atoms with Crippen LogP contribution in [0.2, 0.25) is 0 Å². The smallest absolute Gasteiger partial charge is 0.462 e. The molecule has 46 heavy (non-hydrogen) atoms. The third-order valence-corrected chi connectivity index (χ3v) is 9.11. The highest BCUT2D eigenvalue weighted by Gasteiger charge is 2.22. The van der Waals surface area contributed by atoms with Crippen molar-refractivity contribution in [3.63, 3.8) is 0 Å². The molecule has 9 heteroatoms. The number of phosphoric acid groups is 1. The Balaban J connectivity index is 3.77. The topological polar surface area (TPSA) is 119 Å². The molecule has 274 valence electrons. The van der Waals surface area contributed by atoms with Crippen LogP contribution >= 0.6 is 7.82 Å². The molecule has 0 heterocycles. The lowest BCUT2D eigenvalue weighted by Gasteiger charge is -2.18. The Kier molecular flexibility index (Phi) is 33.2. The summed E-state index contributed by atoms with van der Waals surface area (Å²) in [7, 11) is -4.74. The van der Waals surface area contributed by atoms with Gasteiger partial charge in [-0.2, -0.15) is 0 Å². The first-order chi connectivity index (χ1) is 22.3. The van der Waals surface area contributed by atoms with Gasteiger partial charge < -0.3 is 19.3 Å². The number of carbonyl (C=O) groups is 2. The summed E-state index contributed by atoms with van der Waals surface area (Å²) in [4.78, 5) is 42.5. The van der Waals surface area contributed by atoms with Crippen molar-refractivity contribution < 1.29 is 37.9 Å². The minimum Gasteiger partial charge on any atom is -0.462 e. The number of ether oxygens (including phenoxy) is 2. The van der Waals surface area contributed by atoms with Crippen molar-refractivity contribution in [3.05, 3.63) is 0 Å². The molecular formula is C37H73O8P. The van der Waals surface area contributed by atoms with Crippen LogP contribution in [0, 0.1) is 0 Å². The first-order valence-corrected chi connectivity index (χ1v) is 20.9. The lowest BCUT2D eigenvalue weighted by molar-refractivity contribution is -0.161. The molecule has 0 saturated heterocycles. The summed E-state index contributed by atoms with van der Waals surface area (Å²) in [5.74, 6) is -0.879. The van der Waals surface area contributed by atoms with Crippen molar-refractivity contribution in [2.75, 3.05) is 13.2 Å². The Morgan fingerprint density at radius 3 is 1.11 bits per heavy atom. The largest absolute Gasteiger partial charge is 0.469 e. The quantitative estimate of drug-likeness (QED) is 0.0382. The number of unbranched alkanes of at least 4 members (excludes halogenated alkanes) is 26. The second-order valence-electron chi connectivity index (χ2n) is 13.3. The Hall–Kier alpha value is -0.950. The van der Waals surface area contributed by atoms with E-state index in [1.807, 2.05) is 0 Å². The van der Waals surface area contributed by atoms with Crippen LogP contribution in [0.25, 0.3) is 0 Å². The van der Waals surface area contributed by atoms with Gasteiger partial charge in [-0.15, -0.1) is 0 Å². The first-order valence-electron chi connectivity index (χ1n) is 19.3. The second kappa shape index (κ2) is 33.9. The summed E-state index contributed by atoms with van der Waals surface area (Å²) >= 11 is 0. The second-order valence-corrected chi connectivity index (χ2v) is 14.5. The van der Waals surface area contributed by atoms with E-state index in [-0.39, 0.29) is 19.4 Å². The Bertz CT molecular complexity index is 726. The number of rotatable bonds is 36. The van der Waals surface area contributed by atoms with Gasteiger partial charge in [0.1, 0.15) is 6.61 Å². The maximum atomic E-state index is 12.3. The monoisotopic (exact) mass is 677 g/mol. The summed E-state index contributed by atoms with van der Waals surface area (Å²) in [5.41, 5.74) is 0. The van der Waals surface area contributed by atoms with E-state index in [1.54, 1.807) is 0 Å². The van der Waals surface area contributed by atoms with Gasteiger partial charge in [-0.1, -0.05) is 181 Å². The zero-order valence-electron chi connectivity index (χ0n) is 30.0. The Morgan fingerprint density at radius 1 is 0.478 bits per heavy atom.